The van der Waals surface area contributed by atoms with E-state index in [1.807, 2.05) is 49.4 Å². The molecule has 0 spiro atoms. The predicted octanol–water partition coefficient (Wildman–Crippen LogP) is 15.8. The van der Waals surface area contributed by atoms with Crippen molar-refractivity contribution in [3.8, 4) is 46.4 Å². The number of anilines is 3. The van der Waals surface area contributed by atoms with E-state index >= 15 is 0 Å². The molecule has 0 saturated carbocycles. The number of ether oxygens (including phenoxy) is 5. The summed E-state index contributed by atoms with van der Waals surface area (Å²) in [6.07, 6.45) is 3.30. The first kappa shape index (κ1) is 69.8. The van der Waals surface area contributed by atoms with Gasteiger partial charge in [-0.05, 0) is 146 Å². The number of pyridine rings is 3. The van der Waals surface area contributed by atoms with Gasteiger partial charge in [0.15, 0.2) is 41.1 Å². The largest absolute Gasteiger partial charge is 0.497 e. The van der Waals surface area contributed by atoms with Gasteiger partial charge in [-0.25, -0.2) is 44.6 Å². The first-order chi connectivity index (χ1) is 46.7. The summed E-state index contributed by atoms with van der Waals surface area (Å²) in [5.41, 5.74) is 4.01. The van der Waals surface area contributed by atoms with Crippen molar-refractivity contribution in [2.24, 2.45) is 0 Å². The first-order valence-electron chi connectivity index (χ1n) is 29.2. The number of halogens is 3. The summed E-state index contributed by atoms with van der Waals surface area (Å²) in [5.74, 6) is -0.630. The van der Waals surface area contributed by atoms with Crippen molar-refractivity contribution in [2.45, 2.75) is 21.6 Å². The maximum atomic E-state index is 14.5. The summed E-state index contributed by atoms with van der Waals surface area (Å²) >= 11 is 12.3. The fraction of sp³-hybridized carbons (Fsp3) is 0.0833. The molecule has 0 aliphatic rings. The van der Waals surface area contributed by atoms with Crippen LogP contribution in [0.25, 0.3) is 32.7 Å². The lowest BCUT2D eigenvalue weighted by atomic mass is 10.1. The van der Waals surface area contributed by atoms with Crippen LogP contribution in [0.15, 0.2) is 233 Å². The molecule has 12 aromatic rings. The molecule has 20 nitrogen and oxygen atoms in total. The van der Waals surface area contributed by atoms with Crippen LogP contribution in [0.3, 0.4) is 0 Å². The third kappa shape index (κ3) is 17.5. The van der Waals surface area contributed by atoms with Gasteiger partial charge >= 0.3 is 0 Å². The highest BCUT2D eigenvalue weighted by Gasteiger charge is 2.23. The Kier molecular flexibility index (Phi) is 21.3. The van der Waals surface area contributed by atoms with E-state index in [1.54, 1.807) is 115 Å². The van der Waals surface area contributed by atoms with E-state index in [9.17, 15) is 44.0 Å². The third-order valence-corrected chi connectivity index (χ3v) is 18.3. The van der Waals surface area contributed by atoms with Crippen LogP contribution in [-0.4, -0.2) is 90.9 Å². The maximum Gasteiger partial charge on any atom is 0.261 e. The van der Waals surface area contributed by atoms with Gasteiger partial charge < -0.3 is 39.6 Å². The topological polar surface area (TPSA) is 275 Å². The summed E-state index contributed by atoms with van der Waals surface area (Å²) in [4.78, 5) is 53.2. The smallest absolute Gasteiger partial charge is 0.261 e. The Balaban J connectivity index is 0.000000159. The van der Waals surface area contributed by atoms with Gasteiger partial charge in [0, 0.05) is 69.1 Å². The Morgan fingerprint density at radius 1 is 0.398 bits per heavy atom. The normalized spacial score (nSPS) is 11.3. The van der Waals surface area contributed by atoms with Crippen LogP contribution in [0.4, 0.5) is 21.5 Å². The van der Waals surface area contributed by atoms with Crippen LogP contribution in [0.2, 0.25) is 10.0 Å². The minimum atomic E-state index is -3.45. The highest BCUT2D eigenvalue weighted by atomic mass is 35.5. The maximum absolute atomic E-state index is 14.5. The number of carbonyl (C=O) groups is 3. The molecule has 3 amide bonds. The van der Waals surface area contributed by atoms with Gasteiger partial charge in [0.2, 0.25) is 17.6 Å². The van der Waals surface area contributed by atoms with E-state index in [1.165, 1.54) is 68.8 Å². The molecule has 3 aromatic heterocycles. The molecular formula is C72H57Cl2FN6O14S3. The lowest BCUT2D eigenvalue weighted by molar-refractivity contribution is 0.101. The van der Waals surface area contributed by atoms with Crippen molar-refractivity contribution in [3.63, 3.8) is 0 Å². The Morgan fingerprint density at radius 2 is 0.745 bits per heavy atom. The number of rotatable bonds is 17. The fourth-order valence-corrected chi connectivity index (χ4v) is 11.9. The van der Waals surface area contributed by atoms with Crippen molar-refractivity contribution in [2.75, 3.05) is 48.9 Å². The summed E-state index contributed by atoms with van der Waals surface area (Å²) in [5, 5.41) is 11.2. The number of carbonyl (C=O) groups excluding carboxylic acids is 3. The zero-order chi connectivity index (χ0) is 70.1. The monoisotopic (exact) mass is 1410 g/mol. The SMILES string of the molecule is COc1ccc(Oc2nc3ccccc3cc2C(=O)Nc2cccc(S(C)(=O)=O)c2)c(Cl)c1.COc1ccc(Oc2nc3ccccc3cc2C(=O)Nc2cccc(S(C)(=O)=O)c2)c(F)c1.Cc1cc(Cl)ccc1Oc1nc2ccccc2cc1C(=O)Nc1cccc(S(C)(=O)=O)c1. The van der Waals surface area contributed by atoms with E-state index in [2.05, 4.69) is 30.9 Å². The van der Waals surface area contributed by atoms with Gasteiger partial charge in [0.25, 0.3) is 17.7 Å². The minimum absolute atomic E-state index is 0.0497. The fourth-order valence-electron chi connectivity index (χ4n) is 9.45. The standard InChI is InChI=1S/C24H19ClN2O5S.C24H19ClN2O4S.C24H19FN2O5S/c1-31-17-10-11-22(20(25)14-17)32-24-19(12-15-6-3-4-9-21(15)27-24)23(28)26-16-7-5-8-18(13-16)33(2,29)30;1-15-12-17(25)10-11-22(15)31-24-20(13-16-6-3-4-9-21(16)27-24)23(28)26-18-7-5-8-19(14-18)32(2,29)30;1-31-17-10-11-22(20(25)14-17)32-24-19(12-15-6-3-4-9-21(15)27-24)23(28)26-16-7-5-8-18(13-16)33(2,29)30/h3-14H,1-2H3,(H,26,28);3-14H,1-2H3,(H,26,28);3-14H,1-2H3,(H,26,28). The lowest BCUT2D eigenvalue weighted by Crippen LogP contribution is -2.14. The van der Waals surface area contributed by atoms with Gasteiger partial charge in [-0.15, -0.1) is 0 Å². The molecule has 9 aromatic carbocycles. The quantitative estimate of drug-likeness (QED) is 0.0764. The zero-order valence-electron chi connectivity index (χ0n) is 52.7. The number of hydrogen-bond acceptors (Lipinski definition) is 17. The lowest BCUT2D eigenvalue weighted by Gasteiger charge is -2.14. The third-order valence-electron chi connectivity index (χ3n) is 14.4. The second kappa shape index (κ2) is 30.0. The molecule has 98 heavy (non-hydrogen) atoms. The summed E-state index contributed by atoms with van der Waals surface area (Å²) in [7, 11) is -7.35. The number of aromatic nitrogens is 3. The number of amides is 3. The van der Waals surface area contributed by atoms with Gasteiger partial charge in [-0.2, -0.15) is 0 Å². The van der Waals surface area contributed by atoms with Crippen LogP contribution in [-0.2, 0) is 29.5 Å². The molecule has 3 heterocycles. The number of para-hydroxylation sites is 3. The van der Waals surface area contributed by atoms with E-state index in [0.717, 1.165) is 41.2 Å². The van der Waals surface area contributed by atoms with E-state index in [4.69, 9.17) is 46.9 Å². The molecule has 0 unspecified atom stereocenters. The summed E-state index contributed by atoms with van der Waals surface area (Å²) in [6, 6.07) is 58.8. The van der Waals surface area contributed by atoms with E-state index < -0.39 is 53.1 Å². The molecule has 0 aliphatic carbocycles. The zero-order valence-corrected chi connectivity index (χ0v) is 56.7. The number of fused-ring (bicyclic) bond motifs is 3. The van der Waals surface area contributed by atoms with Crippen molar-refractivity contribution in [3.05, 3.63) is 257 Å². The number of aryl methyl sites for hydroxylation is 1. The molecule has 0 atom stereocenters. The Labute approximate surface area is 572 Å². The second-order valence-corrected chi connectivity index (χ2v) is 28.6. The Morgan fingerprint density at radius 3 is 1.10 bits per heavy atom. The Bertz CT molecular complexity index is 5240. The van der Waals surface area contributed by atoms with Gasteiger partial charge in [0.1, 0.15) is 39.7 Å². The summed E-state index contributed by atoms with van der Waals surface area (Å²) < 4.78 is 113. The number of sulfone groups is 3. The molecule has 498 valence electrons. The van der Waals surface area contributed by atoms with Crippen molar-refractivity contribution in [1.29, 1.82) is 0 Å². The minimum Gasteiger partial charge on any atom is -0.497 e. The molecule has 26 heteroatoms. The average Bonchev–Trinajstić information content (AvgIpc) is 0.802. The molecule has 0 fully saturated rings. The predicted molar refractivity (Wildman–Crippen MR) is 375 cm³/mol. The van der Waals surface area contributed by atoms with Crippen LogP contribution >= 0.6 is 23.2 Å². The van der Waals surface area contributed by atoms with E-state index in [-0.39, 0.29) is 65.5 Å². The van der Waals surface area contributed by atoms with Crippen LogP contribution in [0, 0.1) is 12.7 Å². The van der Waals surface area contributed by atoms with Gasteiger partial charge in [-0.1, -0.05) is 96.0 Å². The van der Waals surface area contributed by atoms with Crippen molar-refractivity contribution >= 4 is 120 Å². The van der Waals surface area contributed by atoms with Crippen LogP contribution in [0.5, 0.6) is 46.4 Å². The van der Waals surface area contributed by atoms with Crippen LogP contribution < -0.4 is 39.6 Å². The number of nitrogens with zero attached hydrogens (tertiary/aromatic N) is 3. The molecule has 0 bridgehead atoms. The molecular weight excluding hydrogens is 1360 g/mol. The van der Waals surface area contributed by atoms with Crippen molar-refractivity contribution in [1.82, 2.24) is 15.0 Å². The highest BCUT2D eigenvalue weighted by molar-refractivity contribution is 7.91. The van der Waals surface area contributed by atoms with Crippen LogP contribution in [0.1, 0.15) is 36.6 Å². The first-order valence-corrected chi connectivity index (χ1v) is 35.6. The van der Waals surface area contributed by atoms with Crippen molar-refractivity contribution < 1.29 is 67.7 Å². The highest BCUT2D eigenvalue weighted by Crippen LogP contribution is 2.37. The number of benzene rings is 9. The molecule has 0 radical (unpaired) electrons. The Hall–Kier alpha value is -11.0. The van der Waals surface area contributed by atoms with E-state index in [0.29, 0.717) is 61.3 Å². The molecule has 3 N–H and O–H groups in total. The summed E-state index contributed by atoms with van der Waals surface area (Å²) in [6.45, 7) is 1.85. The number of methoxy groups -OCH3 is 2. The molecule has 12 rings (SSSR count). The molecule has 0 saturated heterocycles. The number of nitrogens with one attached hydrogen (secondary N) is 3. The van der Waals surface area contributed by atoms with Gasteiger partial charge in [-0.3, -0.25) is 14.4 Å². The molecule has 0 aliphatic heterocycles. The second-order valence-electron chi connectivity index (χ2n) is 21.7. The average molecular weight is 1420 g/mol. The number of hydrogen-bond donors (Lipinski definition) is 3. The van der Waals surface area contributed by atoms with Gasteiger partial charge in [0.05, 0.1) is 50.5 Å².